The van der Waals surface area contributed by atoms with Crippen LogP contribution in [0.1, 0.15) is 34.7 Å². The fourth-order valence-electron chi connectivity index (χ4n) is 3.81. The van der Waals surface area contributed by atoms with E-state index in [1.165, 1.54) is 17.7 Å². The number of halogens is 1. The van der Waals surface area contributed by atoms with E-state index in [9.17, 15) is 9.59 Å². The Bertz CT molecular complexity index is 863. The van der Waals surface area contributed by atoms with Crippen molar-refractivity contribution in [2.75, 3.05) is 33.2 Å². The van der Waals surface area contributed by atoms with Gasteiger partial charge in [0.25, 0.3) is 5.91 Å². The van der Waals surface area contributed by atoms with Crippen LogP contribution in [0.15, 0.2) is 45.6 Å². The Hall–Kier alpha value is -2.11. The average molecular weight is 403 g/mol. The Balaban J connectivity index is 1.52. The van der Waals surface area contributed by atoms with Crippen molar-refractivity contribution < 1.29 is 9.21 Å². The standard InChI is InChI=1S/C22H27ClN2O3/c1-16-12-20(26)13-21(28-16)22(27)24(2)14-18-4-3-10-25(15-18)11-9-17-5-7-19(23)8-6-17/h5-8,12-13,18H,3-4,9-11,14-15H2,1-2H3/t18-/m0/s1. The quantitative estimate of drug-likeness (QED) is 0.740. The van der Waals surface area contributed by atoms with Crippen molar-refractivity contribution in [3.05, 3.63) is 68.7 Å². The lowest BCUT2D eigenvalue weighted by Crippen LogP contribution is -2.42. The number of rotatable bonds is 6. The van der Waals surface area contributed by atoms with Gasteiger partial charge in [-0.2, -0.15) is 0 Å². The van der Waals surface area contributed by atoms with Crippen molar-refractivity contribution in [3.8, 4) is 0 Å². The summed E-state index contributed by atoms with van der Waals surface area (Å²) in [6, 6.07) is 10.7. The molecule has 28 heavy (non-hydrogen) atoms. The largest absolute Gasteiger partial charge is 0.456 e. The lowest BCUT2D eigenvalue weighted by molar-refractivity contribution is 0.0695. The predicted molar refractivity (Wildman–Crippen MR) is 111 cm³/mol. The van der Waals surface area contributed by atoms with Crippen molar-refractivity contribution >= 4 is 17.5 Å². The van der Waals surface area contributed by atoms with Crippen LogP contribution in [0, 0.1) is 12.8 Å². The second kappa shape index (κ2) is 9.39. The first-order valence-corrected chi connectivity index (χ1v) is 10.1. The minimum absolute atomic E-state index is 0.114. The first-order valence-electron chi connectivity index (χ1n) is 9.75. The fourth-order valence-corrected chi connectivity index (χ4v) is 3.93. The molecule has 6 heteroatoms. The Morgan fingerprint density at radius 3 is 2.75 bits per heavy atom. The number of benzene rings is 1. The third kappa shape index (κ3) is 5.69. The molecule has 0 unspecified atom stereocenters. The lowest BCUT2D eigenvalue weighted by atomic mass is 9.97. The molecule has 1 amide bonds. The van der Waals surface area contributed by atoms with E-state index in [0.717, 1.165) is 43.9 Å². The zero-order valence-electron chi connectivity index (χ0n) is 16.5. The molecule has 1 saturated heterocycles. The molecule has 1 aliphatic rings. The Morgan fingerprint density at radius 1 is 1.29 bits per heavy atom. The molecule has 1 aliphatic heterocycles. The molecule has 3 rings (SSSR count). The van der Waals surface area contributed by atoms with Gasteiger partial charge >= 0.3 is 0 Å². The average Bonchev–Trinajstić information content (AvgIpc) is 2.66. The van der Waals surface area contributed by atoms with Gasteiger partial charge in [-0.05, 0) is 56.3 Å². The molecule has 2 aromatic rings. The second-order valence-corrected chi connectivity index (χ2v) is 8.08. The van der Waals surface area contributed by atoms with Crippen molar-refractivity contribution in [1.29, 1.82) is 0 Å². The summed E-state index contributed by atoms with van der Waals surface area (Å²) in [4.78, 5) is 28.4. The molecule has 5 nitrogen and oxygen atoms in total. The molecule has 1 aromatic carbocycles. The Labute approximate surface area is 170 Å². The van der Waals surface area contributed by atoms with Crippen molar-refractivity contribution in [1.82, 2.24) is 9.80 Å². The van der Waals surface area contributed by atoms with Crippen LogP contribution < -0.4 is 5.43 Å². The number of amides is 1. The summed E-state index contributed by atoms with van der Waals surface area (Å²) in [6.45, 7) is 5.41. The fraction of sp³-hybridized carbons (Fsp3) is 0.455. The first-order chi connectivity index (χ1) is 13.4. The van der Waals surface area contributed by atoms with E-state index in [1.807, 2.05) is 12.1 Å². The Morgan fingerprint density at radius 2 is 2.04 bits per heavy atom. The number of piperidine rings is 1. The van der Waals surface area contributed by atoms with Crippen LogP contribution in [0.25, 0.3) is 0 Å². The summed E-state index contributed by atoms with van der Waals surface area (Å²) >= 11 is 5.95. The third-order valence-electron chi connectivity index (χ3n) is 5.21. The molecule has 1 aromatic heterocycles. The highest BCUT2D eigenvalue weighted by Gasteiger charge is 2.24. The summed E-state index contributed by atoms with van der Waals surface area (Å²) < 4.78 is 5.44. The summed E-state index contributed by atoms with van der Waals surface area (Å²) in [5.41, 5.74) is 1.08. The highest BCUT2D eigenvalue weighted by atomic mass is 35.5. The van der Waals surface area contributed by atoms with Gasteiger partial charge in [-0.15, -0.1) is 0 Å². The molecule has 0 saturated carbocycles. The van der Waals surface area contributed by atoms with Crippen molar-refractivity contribution in [2.24, 2.45) is 5.92 Å². The van der Waals surface area contributed by atoms with Gasteiger partial charge < -0.3 is 14.2 Å². The highest BCUT2D eigenvalue weighted by Crippen LogP contribution is 2.19. The van der Waals surface area contributed by atoms with Crippen LogP contribution >= 0.6 is 11.6 Å². The molecule has 2 heterocycles. The minimum atomic E-state index is -0.237. The number of hydrogen-bond donors (Lipinski definition) is 0. The highest BCUT2D eigenvalue weighted by molar-refractivity contribution is 6.30. The number of aryl methyl sites for hydroxylation is 1. The molecule has 0 spiro atoms. The van der Waals surface area contributed by atoms with Crippen molar-refractivity contribution in [2.45, 2.75) is 26.2 Å². The van der Waals surface area contributed by atoms with Crippen LogP contribution in [-0.2, 0) is 6.42 Å². The SMILES string of the molecule is Cc1cc(=O)cc(C(=O)N(C)C[C@@H]2CCCN(CCc3ccc(Cl)cc3)C2)o1. The molecular formula is C22H27ClN2O3. The molecule has 1 fully saturated rings. The molecule has 0 radical (unpaired) electrons. The van der Waals surface area contributed by atoms with Crippen molar-refractivity contribution in [3.63, 3.8) is 0 Å². The normalized spacial score (nSPS) is 17.5. The maximum Gasteiger partial charge on any atom is 0.289 e. The number of hydrogen-bond acceptors (Lipinski definition) is 4. The van der Waals surface area contributed by atoms with E-state index >= 15 is 0 Å². The van der Waals surface area contributed by atoms with Crippen LogP contribution in [0.2, 0.25) is 5.02 Å². The molecule has 1 atom stereocenters. The van der Waals surface area contributed by atoms with Gasteiger partial charge in [0, 0.05) is 43.8 Å². The number of likely N-dealkylation sites (tertiary alicyclic amines) is 1. The molecule has 0 N–H and O–H groups in total. The third-order valence-corrected chi connectivity index (χ3v) is 5.46. The minimum Gasteiger partial charge on any atom is -0.456 e. The summed E-state index contributed by atoms with van der Waals surface area (Å²) in [7, 11) is 1.78. The number of carbonyl (C=O) groups excluding carboxylic acids is 1. The second-order valence-electron chi connectivity index (χ2n) is 7.64. The van der Waals surface area contributed by atoms with Gasteiger partial charge in [0.05, 0.1) is 0 Å². The smallest absolute Gasteiger partial charge is 0.289 e. The van der Waals surface area contributed by atoms with E-state index < -0.39 is 0 Å². The monoisotopic (exact) mass is 402 g/mol. The molecule has 0 aliphatic carbocycles. The number of nitrogens with zero attached hydrogens (tertiary/aromatic N) is 2. The zero-order chi connectivity index (χ0) is 20.1. The van der Waals surface area contributed by atoms with Crippen LogP contribution in [0.3, 0.4) is 0 Å². The van der Waals surface area contributed by atoms with E-state index in [1.54, 1.807) is 18.9 Å². The van der Waals surface area contributed by atoms with E-state index in [4.69, 9.17) is 16.0 Å². The summed E-state index contributed by atoms with van der Waals surface area (Å²) in [5.74, 6) is 0.752. The first kappa shape index (κ1) is 20.6. The summed E-state index contributed by atoms with van der Waals surface area (Å²) in [5, 5.41) is 0.763. The van der Waals surface area contributed by atoms with Gasteiger partial charge in [0.2, 0.25) is 0 Å². The molecule has 150 valence electrons. The van der Waals surface area contributed by atoms with Gasteiger partial charge in [0.15, 0.2) is 11.2 Å². The molecular weight excluding hydrogens is 376 g/mol. The van der Waals surface area contributed by atoms with E-state index in [0.29, 0.717) is 18.2 Å². The molecule has 0 bridgehead atoms. The zero-order valence-corrected chi connectivity index (χ0v) is 17.2. The van der Waals surface area contributed by atoms with Gasteiger partial charge in [-0.25, -0.2) is 0 Å². The van der Waals surface area contributed by atoms with Crippen LogP contribution in [0.5, 0.6) is 0 Å². The Kier molecular flexibility index (Phi) is 6.92. The van der Waals surface area contributed by atoms with E-state index in [-0.39, 0.29) is 17.1 Å². The number of carbonyl (C=O) groups is 1. The van der Waals surface area contributed by atoms with Gasteiger partial charge in [-0.1, -0.05) is 23.7 Å². The topological polar surface area (TPSA) is 53.8 Å². The van der Waals surface area contributed by atoms with E-state index in [2.05, 4.69) is 17.0 Å². The predicted octanol–water partition coefficient (Wildman–Crippen LogP) is 3.63. The maximum absolute atomic E-state index is 12.6. The maximum atomic E-state index is 12.6. The lowest BCUT2D eigenvalue weighted by Gasteiger charge is -2.34. The van der Waals surface area contributed by atoms with Crippen LogP contribution in [0.4, 0.5) is 0 Å². The van der Waals surface area contributed by atoms with Crippen LogP contribution in [-0.4, -0.2) is 48.9 Å². The van der Waals surface area contributed by atoms with Gasteiger partial charge in [0.1, 0.15) is 5.76 Å². The summed E-state index contributed by atoms with van der Waals surface area (Å²) in [6.07, 6.45) is 3.23. The van der Waals surface area contributed by atoms with Gasteiger partial charge in [-0.3, -0.25) is 9.59 Å².